The van der Waals surface area contributed by atoms with Crippen molar-refractivity contribution < 1.29 is 14.3 Å². The molecule has 16 heavy (non-hydrogen) atoms. The zero-order chi connectivity index (χ0) is 12.4. The molecule has 0 aromatic carbocycles. The van der Waals surface area contributed by atoms with Crippen molar-refractivity contribution in [1.29, 1.82) is 0 Å². The molecule has 0 radical (unpaired) electrons. The molecular formula is C13H26O3. The number of esters is 1. The van der Waals surface area contributed by atoms with Gasteiger partial charge in [0.15, 0.2) is 0 Å². The molecule has 0 saturated carbocycles. The number of ether oxygens (including phenoxy) is 2. The van der Waals surface area contributed by atoms with Crippen molar-refractivity contribution >= 4 is 5.97 Å². The van der Waals surface area contributed by atoms with Gasteiger partial charge in [0.05, 0.1) is 19.1 Å². The van der Waals surface area contributed by atoms with Gasteiger partial charge in [0.2, 0.25) is 0 Å². The van der Waals surface area contributed by atoms with Gasteiger partial charge in [-0.2, -0.15) is 0 Å². The first kappa shape index (κ1) is 15.4. The van der Waals surface area contributed by atoms with Crippen LogP contribution in [0, 0.1) is 0 Å². The zero-order valence-electron chi connectivity index (χ0n) is 11.1. The van der Waals surface area contributed by atoms with Crippen molar-refractivity contribution in [2.45, 2.75) is 72.0 Å². The second-order valence-electron chi connectivity index (χ2n) is 3.99. The van der Waals surface area contributed by atoms with Gasteiger partial charge >= 0.3 is 5.97 Å². The predicted molar refractivity (Wildman–Crippen MR) is 65.4 cm³/mol. The Morgan fingerprint density at radius 1 is 0.938 bits per heavy atom. The van der Waals surface area contributed by atoms with E-state index < -0.39 is 0 Å². The summed E-state index contributed by atoms with van der Waals surface area (Å²) in [6, 6.07) is 0. The molecule has 0 saturated heterocycles. The van der Waals surface area contributed by atoms with E-state index in [1.54, 1.807) is 0 Å². The predicted octanol–water partition coefficient (Wildman–Crippen LogP) is 3.31. The Morgan fingerprint density at radius 3 is 1.88 bits per heavy atom. The van der Waals surface area contributed by atoms with Gasteiger partial charge < -0.3 is 9.47 Å². The van der Waals surface area contributed by atoms with Crippen LogP contribution < -0.4 is 0 Å². The van der Waals surface area contributed by atoms with Crippen molar-refractivity contribution in [3.8, 4) is 0 Å². The van der Waals surface area contributed by atoms with E-state index in [-0.39, 0.29) is 18.2 Å². The van der Waals surface area contributed by atoms with E-state index in [1.807, 2.05) is 13.8 Å². The smallest absolute Gasteiger partial charge is 0.308 e. The molecule has 0 aromatic heterocycles. The average molecular weight is 230 g/mol. The lowest BCUT2D eigenvalue weighted by molar-refractivity contribution is -0.151. The molecule has 0 bridgehead atoms. The minimum Gasteiger partial charge on any atom is -0.462 e. The summed E-state index contributed by atoms with van der Waals surface area (Å²) >= 11 is 0. The molecule has 0 N–H and O–H groups in total. The van der Waals surface area contributed by atoms with Crippen LogP contribution in [0.2, 0.25) is 0 Å². The minimum atomic E-state index is -0.139. The molecule has 0 unspecified atom stereocenters. The Balaban J connectivity index is 3.64. The van der Waals surface area contributed by atoms with Crippen LogP contribution in [-0.2, 0) is 14.3 Å². The molecular weight excluding hydrogens is 204 g/mol. The molecule has 3 nitrogen and oxygen atoms in total. The molecule has 0 rings (SSSR count). The number of hydrogen-bond acceptors (Lipinski definition) is 3. The molecule has 0 aliphatic rings. The van der Waals surface area contributed by atoms with Crippen LogP contribution in [0.1, 0.15) is 59.8 Å². The molecule has 0 aromatic rings. The number of rotatable bonds is 9. The average Bonchev–Trinajstić information content (AvgIpc) is 2.31. The molecule has 0 heterocycles. The maximum absolute atomic E-state index is 11.4. The first-order valence-electron chi connectivity index (χ1n) is 6.48. The first-order valence-corrected chi connectivity index (χ1v) is 6.48. The number of carbonyl (C=O) groups is 1. The summed E-state index contributed by atoms with van der Waals surface area (Å²) in [5.74, 6) is -0.139. The molecule has 0 fully saturated rings. The number of hydrogen-bond donors (Lipinski definition) is 0. The van der Waals surface area contributed by atoms with E-state index in [9.17, 15) is 4.79 Å². The van der Waals surface area contributed by atoms with Gasteiger partial charge in [-0.15, -0.1) is 0 Å². The third-order valence-electron chi connectivity index (χ3n) is 2.78. The summed E-state index contributed by atoms with van der Waals surface area (Å²) in [7, 11) is 0. The largest absolute Gasteiger partial charge is 0.462 e. The summed E-state index contributed by atoms with van der Waals surface area (Å²) in [6.07, 6.45) is 4.48. The Bertz CT molecular complexity index is 172. The van der Waals surface area contributed by atoms with Gasteiger partial charge in [-0.1, -0.05) is 27.7 Å². The van der Waals surface area contributed by atoms with E-state index >= 15 is 0 Å². The lowest BCUT2D eigenvalue weighted by Gasteiger charge is -2.16. The molecule has 3 heteroatoms. The molecule has 0 aliphatic heterocycles. The molecule has 0 atom stereocenters. The van der Waals surface area contributed by atoms with Crippen molar-refractivity contribution in [2.75, 3.05) is 6.61 Å². The van der Waals surface area contributed by atoms with Gasteiger partial charge in [0.25, 0.3) is 0 Å². The fraction of sp³-hybridized carbons (Fsp3) is 0.923. The highest BCUT2D eigenvalue weighted by Gasteiger charge is 2.11. The minimum absolute atomic E-state index is 0.0700. The van der Waals surface area contributed by atoms with E-state index in [4.69, 9.17) is 9.47 Å². The number of carbonyl (C=O) groups excluding carboxylic acids is 1. The van der Waals surface area contributed by atoms with Crippen LogP contribution in [0.4, 0.5) is 0 Å². The maximum atomic E-state index is 11.4. The van der Waals surface area contributed by atoms with Gasteiger partial charge in [0.1, 0.15) is 6.10 Å². The van der Waals surface area contributed by atoms with Gasteiger partial charge in [-0.25, -0.2) is 0 Å². The van der Waals surface area contributed by atoms with E-state index in [0.717, 1.165) is 25.7 Å². The molecule has 0 aliphatic carbocycles. The maximum Gasteiger partial charge on any atom is 0.308 e. The first-order chi connectivity index (χ1) is 7.67. The summed E-state index contributed by atoms with van der Waals surface area (Å²) in [5.41, 5.74) is 0. The highest BCUT2D eigenvalue weighted by atomic mass is 16.5. The van der Waals surface area contributed by atoms with E-state index in [0.29, 0.717) is 13.0 Å². The van der Waals surface area contributed by atoms with Gasteiger partial charge in [0, 0.05) is 0 Å². The van der Waals surface area contributed by atoms with Gasteiger partial charge in [-0.05, 0) is 25.7 Å². The second kappa shape index (κ2) is 9.64. The topological polar surface area (TPSA) is 35.5 Å². The quantitative estimate of drug-likeness (QED) is 0.570. The fourth-order valence-corrected chi connectivity index (χ4v) is 1.53. The van der Waals surface area contributed by atoms with Crippen LogP contribution in [0.25, 0.3) is 0 Å². The highest BCUT2D eigenvalue weighted by molar-refractivity contribution is 5.69. The van der Waals surface area contributed by atoms with Crippen LogP contribution in [-0.4, -0.2) is 24.8 Å². The summed E-state index contributed by atoms with van der Waals surface area (Å²) in [5, 5.41) is 0. The Kier molecular flexibility index (Phi) is 9.30. The zero-order valence-corrected chi connectivity index (χ0v) is 11.1. The van der Waals surface area contributed by atoms with Gasteiger partial charge in [-0.3, -0.25) is 4.79 Å². The Labute approximate surface area is 99.5 Å². The lowest BCUT2D eigenvalue weighted by Crippen LogP contribution is -2.19. The van der Waals surface area contributed by atoms with E-state index in [2.05, 4.69) is 13.8 Å². The Morgan fingerprint density at radius 2 is 1.44 bits per heavy atom. The molecule has 0 spiro atoms. The van der Waals surface area contributed by atoms with Crippen molar-refractivity contribution in [2.24, 2.45) is 0 Å². The monoisotopic (exact) mass is 230 g/mol. The van der Waals surface area contributed by atoms with Crippen molar-refractivity contribution in [1.82, 2.24) is 0 Å². The SMILES string of the molecule is CCC(CC)OCCC(=O)OC(CC)CC. The van der Waals surface area contributed by atoms with Crippen LogP contribution >= 0.6 is 0 Å². The van der Waals surface area contributed by atoms with Crippen LogP contribution in [0.5, 0.6) is 0 Å². The third-order valence-corrected chi connectivity index (χ3v) is 2.78. The normalized spacial score (nSPS) is 11.1. The van der Waals surface area contributed by atoms with Crippen LogP contribution in [0.3, 0.4) is 0 Å². The fourth-order valence-electron chi connectivity index (χ4n) is 1.53. The highest BCUT2D eigenvalue weighted by Crippen LogP contribution is 2.06. The van der Waals surface area contributed by atoms with Crippen molar-refractivity contribution in [3.63, 3.8) is 0 Å². The Hall–Kier alpha value is -0.570. The second-order valence-corrected chi connectivity index (χ2v) is 3.99. The standard InChI is InChI=1S/C13H26O3/c1-5-11(6-2)15-10-9-13(14)16-12(7-3)8-4/h11-12H,5-10H2,1-4H3. The van der Waals surface area contributed by atoms with Crippen molar-refractivity contribution in [3.05, 3.63) is 0 Å². The molecule has 0 amide bonds. The summed E-state index contributed by atoms with van der Waals surface area (Å²) in [6.45, 7) is 8.73. The summed E-state index contributed by atoms with van der Waals surface area (Å²) < 4.78 is 10.8. The third kappa shape index (κ3) is 6.83. The van der Waals surface area contributed by atoms with Crippen LogP contribution in [0.15, 0.2) is 0 Å². The van der Waals surface area contributed by atoms with E-state index in [1.165, 1.54) is 0 Å². The lowest BCUT2D eigenvalue weighted by atomic mass is 10.2. The summed E-state index contributed by atoms with van der Waals surface area (Å²) in [4.78, 5) is 11.4. The molecule has 96 valence electrons.